The first-order valence-corrected chi connectivity index (χ1v) is 8.18. The normalized spacial score (nSPS) is 50.7. The summed E-state index contributed by atoms with van der Waals surface area (Å²) in [5.74, 6) is -6.62. The number of thioether (sulfide) groups is 1. The highest BCUT2D eigenvalue weighted by molar-refractivity contribution is 8.01. The molecule has 11 heteroatoms. The smallest absolute Gasteiger partial charge is 0.198 e. The topological polar surface area (TPSA) is 0 Å². The first-order valence-electron chi connectivity index (χ1n) is 5.03. The Labute approximate surface area is 145 Å². The summed E-state index contributed by atoms with van der Waals surface area (Å²) in [6.07, 6.45) is 0. The average Bonchev–Trinajstić information content (AvgIpc) is 2.61. The van der Waals surface area contributed by atoms with Gasteiger partial charge in [0.25, 0.3) is 0 Å². The Hall–Kier alpha value is 1.55. The molecule has 2 aliphatic carbocycles. The maximum atomic E-state index is 14.0. The van der Waals surface area contributed by atoms with Gasteiger partial charge in [-0.1, -0.05) is 58.2 Å². The van der Waals surface area contributed by atoms with Crippen LogP contribution >= 0.6 is 81.4 Å². The van der Waals surface area contributed by atoms with Crippen molar-refractivity contribution in [2.45, 2.75) is 30.5 Å². The van der Waals surface area contributed by atoms with Crippen LogP contribution in [0.3, 0.4) is 0 Å². The van der Waals surface area contributed by atoms with E-state index in [-0.39, 0.29) is 16.8 Å². The lowest BCUT2D eigenvalue weighted by Crippen LogP contribution is -2.52. The summed E-state index contributed by atoms with van der Waals surface area (Å²) in [6.45, 7) is 0. The number of halogens is 10. The van der Waals surface area contributed by atoms with Crippen molar-refractivity contribution >= 4 is 81.4 Å². The molecule has 4 unspecified atom stereocenters. The molecular weight excluding hydrogens is 429 g/mol. The number of allylic oxidation sites excluding steroid dienone is 2. The molecule has 0 radical (unpaired) electrons. The second kappa shape index (κ2) is 3.96. The summed E-state index contributed by atoms with van der Waals surface area (Å²) >= 11 is 35.7. The van der Waals surface area contributed by atoms with Crippen molar-refractivity contribution in [3.8, 4) is 0 Å². The van der Waals surface area contributed by atoms with E-state index in [1.54, 1.807) is 0 Å². The van der Waals surface area contributed by atoms with Gasteiger partial charge < -0.3 is 0 Å². The fraction of sp³-hybridized carbons (Fsp3) is 0.778. The molecule has 20 heavy (non-hydrogen) atoms. The van der Waals surface area contributed by atoms with Gasteiger partial charge in [0.1, 0.15) is 9.75 Å². The van der Waals surface area contributed by atoms with E-state index in [0.29, 0.717) is 0 Å². The van der Waals surface area contributed by atoms with E-state index >= 15 is 0 Å². The molecule has 0 aromatic heterocycles. The Morgan fingerprint density at radius 2 is 1.30 bits per heavy atom. The zero-order valence-electron chi connectivity index (χ0n) is 8.84. The molecule has 0 aromatic rings. The van der Waals surface area contributed by atoms with Crippen LogP contribution in [-0.4, -0.2) is 30.5 Å². The van der Waals surface area contributed by atoms with Crippen molar-refractivity contribution < 1.29 is 17.6 Å². The Morgan fingerprint density at radius 3 is 1.80 bits per heavy atom. The molecule has 0 aromatic carbocycles. The monoisotopic (exact) mass is 428 g/mol. The second-order valence-electron chi connectivity index (χ2n) is 4.78. The van der Waals surface area contributed by atoms with Crippen molar-refractivity contribution in [1.29, 1.82) is 0 Å². The second-order valence-corrected chi connectivity index (χ2v) is 9.31. The van der Waals surface area contributed by atoms with Crippen LogP contribution in [0.5, 0.6) is 0 Å². The van der Waals surface area contributed by atoms with Crippen molar-refractivity contribution in [2.75, 3.05) is 0 Å². The molecule has 2 fully saturated rings. The van der Waals surface area contributed by atoms with Gasteiger partial charge in [-0.05, 0) is 0 Å². The lowest BCUT2D eigenvalue weighted by Gasteiger charge is -2.36. The highest BCUT2D eigenvalue weighted by atomic mass is 35.5. The van der Waals surface area contributed by atoms with Gasteiger partial charge in [0.2, 0.25) is 0 Å². The predicted molar refractivity (Wildman–Crippen MR) is 75.1 cm³/mol. The average molecular weight is 431 g/mol. The molecule has 3 aliphatic rings. The van der Waals surface area contributed by atoms with Gasteiger partial charge in [0.05, 0.1) is 16.0 Å². The molecule has 3 rings (SSSR count). The number of hydrogen-bond acceptors (Lipinski definition) is 1. The summed E-state index contributed by atoms with van der Waals surface area (Å²) in [5.41, 5.74) is 0. The number of alkyl halides is 8. The number of fused-ring (bicyclic) bond motifs is 5. The molecule has 0 amide bonds. The Kier molecular flexibility index (Phi) is 3.25. The van der Waals surface area contributed by atoms with Gasteiger partial charge in [-0.2, -0.15) is 17.6 Å². The first kappa shape index (κ1) is 16.4. The van der Waals surface area contributed by atoms with Crippen molar-refractivity contribution in [3.05, 3.63) is 10.1 Å². The SMILES string of the molecule is FC1(F)SC2C(C1(F)F)C1(Cl)C(Cl)=C(Cl)C2(Cl)C1(Cl)Cl. The third-order valence-corrected chi connectivity index (χ3v) is 9.76. The quantitative estimate of drug-likeness (QED) is 0.346. The molecule has 1 aliphatic heterocycles. The highest BCUT2D eigenvalue weighted by Gasteiger charge is 2.92. The van der Waals surface area contributed by atoms with Crippen LogP contribution in [0.2, 0.25) is 0 Å². The minimum Gasteiger partial charge on any atom is -0.198 e. The summed E-state index contributed by atoms with van der Waals surface area (Å²) in [7, 11) is 0. The Bertz CT molecular complexity index is 551. The van der Waals surface area contributed by atoms with E-state index < -0.39 is 41.5 Å². The van der Waals surface area contributed by atoms with Gasteiger partial charge >= 0.3 is 11.2 Å². The van der Waals surface area contributed by atoms with Crippen LogP contribution in [-0.2, 0) is 0 Å². The molecule has 4 atom stereocenters. The fourth-order valence-electron chi connectivity index (χ4n) is 2.94. The standard InChI is InChI=1S/C9H2Cl6F4S/c10-2-3(11)6(13)4-1(5(2,12)8(6,14)15)7(16,17)9(18,19)20-4/h1,4H. The largest absolute Gasteiger partial charge is 0.356 e. The summed E-state index contributed by atoms with van der Waals surface area (Å²) in [4.78, 5) is -4.48. The minimum absolute atomic E-state index is 0.332. The third-order valence-electron chi connectivity index (χ3n) is 3.92. The van der Waals surface area contributed by atoms with Gasteiger partial charge in [0, 0.05) is 5.25 Å². The van der Waals surface area contributed by atoms with E-state index in [9.17, 15) is 17.6 Å². The zero-order chi connectivity index (χ0) is 15.5. The summed E-state index contributed by atoms with van der Waals surface area (Å²) < 4.78 is 53.0. The van der Waals surface area contributed by atoms with Crippen molar-refractivity contribution in [2.24, 2.45) is 5.92 Å². The lowest BCUT2D eigenvalue weighted by atomic mass is 9.86. The minimum atomic E-state index is -4.48. The summed E-state index contributed by atoms with van der Waals surface area (Å²) in [6, 6.07) is 0. The number of hydrogen-bond donors (Lipinski definition) is 0. The van der Waals surface area contributed by atoms with Gasteiger partial charge in [0.15, 0.2) is 4.33 Å². The number of rotatable bonds is 0. The van der Waals surface area contributed by atoms with E-state index in [1.165, 1.54) is 0 Å². The molecule has 0 spiro atoms. The first-order chi connectivity index (χ1) is 8.78. The third kappa shape index (κ3) is 1.31. The van der Waals surface area contributed by atoms with Crippen LogP contribution in [0.25, 0.3) is 0 Å². The van der Waals surface area contributed by atoms with Crippen LogP contribution in [0.4, 0.5) is 17.6 Å². The van der Waals surface area contributed by atoms with Gasteiger partial charge in [-0.3, -0.25) is 0 Å². The van der Waals surface area contributed by atoms with Gasteiger partial charge in [-0.25, -0.2) is 0 Å². The molecule has 2 bridgehead atoms. The van der Waals surface area contributed by atoms with E-state index in [2.05, 4.69) is 0 Å². The molecule has 1 saturated heterocycles. The Balaban J connectivity index is 2.32. The van der Waals surface area contributed by atoms with Crippen LogP contribution in [0.15, 0.2) is 10.1 Å². The maximum Gasteiger partial charge on any atom is 0.356 e. The summed E-state index contributed by atoms with van der Waals surface area (Å²) in [5, 5.41) is -6.83. The van der Waals surface area contributed by atoms with Crippen LogP contribution in [0, 0.1) is 5.92 Å². The molecule has 1 heterocycles. The molecule has 114 valence electrons. The molecular formula is C9H2Cl6F4S. The predicted octanol–water partition coefficient (Wildman–Crippen LogP) is 5.79. The molecule has 1 saturated carbocycles. The lowest BCUT2D eigenvalue weighted by molar-refractivity contribution is -0.175. The molecule has 0 nitrogen and oxygen atoms in total. The van der Waals surface area contributed by atoms with E-state index in [1.807, 2.05) is 0 Å². The van der Waals surface area contributed by atoms with Crippen LogP contribution in [0.1, 0.15) is 0 Å². The van der Waals surface area contributed by atoms with Gasteiger partial charge in [-0.15, -0.1) is 23.2 Å². The fourth-order valence-corrected chi connectivity index (χ4v) is 7.79. The zero-order valence-corrected chi connectivity index (χ0v) is 14.2. The van der Waals surface area contributed by atoms with E-state index in [4.69, 9.17) is 69.6 Å². The molecule has 0 N–H and O–H groups in total. The maximum absolute atomic E-state index is 14.0. The van der Waals surface area contributed by atoms with E-state index in [0.717, 1.165) is 0 Å². The van der Waals surface area contributed by atoms with Crippen molar-refractivity contribution in [1.82, 2.24) is 0 Å². The Morgan fingerprint density at radius 1 is 0.850 bits per heavy atom. The highest BCUT2D eigenvalue weighted by Crippen LogP contribution is 2.82. The van der Waals surface area contributed by atoms with Crippen molar-refractivity contribution in [3.63, 3.8) is 0 Å². The van der Waals surface area contributed by atoms with Crippen LogP contribution < -0.4 is 0 Å².